The molecule has 19 heavy (non-hydrogen) atoms. The van der Waals surface area contributed by atoms with E-state index in [9.17, 15) is 9.59 Å². The van der Waals surface area contributed by atoms with Gasteiger partial charge in [-0.3, -0.25) is 4.79 Å². The minimum absolute atomic E-state index is 0.293. The first-order valence-corrected chi connectivity index (χ1v) is 5.85. The molecule has 0 heterocycles. The van der Waals surface area contributed by atoms with E-state index in [1.807, 2.05) is 24.3 Å². The summed E-state index contributed by atoms with van der Waals surface area (Å²) in [5, 5.41) is 2.65. The highest BCUT2D eigenvalue weighted by Crippen LogP contribution is 2.16. The van der Waals surface area contributed by atoms with Crippen LogP contribution in [0.5, 0.6) is 5.75 Å². The van der Waals surface area contributed by atoms with Crippen LogP contribution in [-0.4, -0.2) is 25.6 Å². The van der Waals surface area contributed by atoms with Gasteiger partial charge in [-0.25, -0.2) is 4.79 Å². The average molecular weight is 263 g/mol. The highest BCUT2D eigenvalue weighted by molar-refractivity contribution is 5.85. The fraction of sp³-hybridized carbons (Fsp3) is 0.286. The van der Waals surface area contributed by atoms with Crippen LogP contribution in [0.25, 0.3) is 0 Å². The second-order valence-electron chi connectivity index (χ2n) is 3.70. The van der Waals surface area contributed by atoms with E-state index in [1.165, 1.54) is 6.08 Å². The molecule has 0 fully saturated rings. The van der Waals surface area contributed by atoms with Gasteiger partial charge in [-0.2, -0.15) is 0 Å². The van der Waals surface area contributed by atoms with Gasteiger partial charge >= 0.3 is 5.97 Å². The zero-order valence-electron chi connectivity index (χ0n) is 11.0. The van der Waals surface area contributed by atoms with E-state index in [2.05, 4.69) is 5.32 Å². The number of benzene rings is 1. The number of carbonyl (C=O) groups excluding carboxylic acids is 2. The Labute approximate surface area is 112 Å². The van der Waals surface area contributed by atoms with Gasteiger partial charge in [-0.15, -0.1) is 0 Å². The average Bonchev–Trinajstić information content (AvgIpc) is 2.43. The Morgan fingerprint density at radius 3 is 2.74 bits per heavy atom. The van der Waals surface area contributed by atoms with Crippen LogP contribution in [0, 0.1) is 0 Å². The first kappa shape index (κ1) is 14.8. The van der Waals surface area contributed by atoms with Crippen molar-refractivity contribution >= 4 is 11.9 Å². The number of carbonyl (C=O) groups is 2. The maximum atomic E-state index is 11.5. The fourth-order valence-electron chi connectivity index (χ4n) is 1.41. The number of para-hydroxylation sites is 1. The molecule has 1 aromatic rings. The summed E-state index contributed by atoms with van der Waals surface area (Å²) in [6, 6.07) is 7.37. The second-order valence-corrected chi connectivity index (χ2v) is 3.70. The Bertz CT molecular complexity index is 468. The predicted molar refractivity (Wildman–Crippen MR) is 70.6 cm³/mol. The first-order valence-electron chi connectivity index (χ1n) is 5.85. The molecule has 0 aliphatic heterocycles. The van der Waals surface area contributed by atoms with Crippen LogP contribution in [0.2, 0.25) is 0 Å². The van der Waals surface area contributed by atoms with E-state index in [4.69, 9.17) is 9.47 Å². The minimum Gasteiger partial charge on any atom is -0.496 e. The van der Waals surface area contributed by atoms with Crippen LogP contribution in [0.15, 0.2) is 36.4 Å². The molecule has 5 nitrogen and oxygen atoms in total. The summed E-state index contributed by atoms with van der Waals surface area (Å²) in [5.74, 6) is -0.188. The van der Waals surface area contributed by atoms with E-state index in [-0.39, 0.29) is 12.5 Å². The fourth-order valence-corrected chi connectivity index (χ4v) is 1.41. The number of hydrogen-bond acceptors (Lipinski definition) is 4. The van der Waals surface area contributed by atoms with Crippen molar-refractivity contribution in [3.05, 3.63) is 42.0 Å². The molecule has 0 aliphatic carbocycles. The van der Waals surface area contributed by atoms with Crippen LogP contribution in [0.1, 0.15) is 12.5 Å². The standard InChI is InChI=1S/C14H17NO4/c1-3-6-14(17)19-10-13(16)15-9-11-7-4-5-8-12(11)18-2/h3-8H,9-10H2,1-2H3,(H,15,16)/b6-3+. The summed E-state index contributed by atoms with van der Waals surface area (Å²) in [4.78, 5) is 22.5. The molecular formula is C14H17NO4. The van der Waals surface area contributed by atoms with Crippen LogP contribution < -0.4 is 10.1 Å². The quantitative estimate of drug-likeness (QED) is 0.623. The number of hydrogen-bond donors (Lipinski definition) is 1. The number of rotatable bonds is 6. The lowest BCUT2D eigenvalue weighted by Crippen LogP contribution is -2.28. The van der Waals surface area contributed by atoms with Gasteiger partial charge in [0.2, 0.25) is 0 Å². The van der Waals surface area contributed by atoms with Crippen molar-refractivity contribution in [2.24, 2.45) is 0 Å². The molecule has 102 valence electrons. The molecular weight excluding hydrogens is 246 g/mol. The van der Waals surface area contributed by atoms with E-state index < -0.39 is 5.97 Å². The van der Waals surface area contributed by atoms with Crippen molar-refractivity contribution in [3.63, 3.8) is 0 Å². The SMILES string of the molecule is C/C=C/C(=O)OCC(=O)NCc1ccccc1OC. The molecule has 0 saturated carbocycles. The van der Waals surface area contributed by atoms with Crippen molar-refractivity contribution in [2.45, 2.75) is 13.5 Å². The molecule has 1 aromatic carbocycles. The van der Waals surface area contributed by atoms with Gasteiger partial charge in [0.1, 0.15) is 5.75 Å². The van der Waals surface area contributed by atoms with Crippen molar-refractivity contribution in [3.8, 4) is 5.75 Å². The molecule has 1 N–H and O–H groups in total. The Balaban J connectivity index is 2.40. The van der Waals surface area contributed by atoms with Gasteiger partial charge in [0.15, 0.2) is 6.61 Å². The van der Waals surface area contributed by atoms with Crippen molar-refractivity contribution in [2.75, 3.05) is 13.7 Å². The van der Waals surface area contributed by atoms with Crippen LogP contribution >= 0.6 is 0 Å². The summed E-state index contributed by atoms with van der Waals surface area (Å²) < 4.78 is 9.88. The van der Waals surface area contributed by atoms with Gasteiger partial charge in [0.25, 0.3) is 5.91 Å². The normalized spacial score (nSPS) is 10.2. The molecule has 1 rings (SSSR count). The third-order valence-electron chi connectivity index (χ3n) is 2.32. The molecule has 5 heteroatoms. The first-order chi connectivity index (χ1) is 9.17. The smallest absolute Gasteiger partial charge is 0.330 e. The van der Waals surface area contributed by atoms with Crippen LogP contribution in [0.4, 0.5) is 0 Å². The maximum Gasteiger partial charge on any atom is 0.330 e. The third kappa shape index (κ3) is 5.25. The molecule has 0 aliphatic rings. The molecule has 0 aromatic heterocycles. The van der Waals surface area contributed by atoms with E-state index in [1.54, 1.807) is 20.1 Å². The van der Waals surface area contributed by atoms with Gasteiger partial charge in [0, 0.05) is 18.2 Å². The monoisotopic (exact) mass is 263 g/mol. The molecule has 0 atom stereocenters. The minimum atomic E-state index is -0.532. The van der Waals surface area contributed by atoms with Gasteiger partial charge in [0.05, 0.1) is 7.11 Å². The largest absolute Gasteiger partial charge is 0.496 e. The highest BCUT2D eigenvalue weighted by Gasteiger charge is 2.06. The van der Waals surface area contributed by atoms with Crippen LogP contribution in [0.3, 0.4) is 0 Å². The lowest BCUT2D eigenvalue weighted by molar-refractivity contribution is -0.143. The molecule has 0 unspecified atom stereocenters. The zero-order chi connectivity index (χ0) is 14.1. The van der Waals surface area contributed by atoms with E-state index >= 15 is 0 Å². The number of nitrogens with one attached hydrogen (secondary N) is 1. The van der Waals surface area contributed by atoms with Gasteiger partial charge < -0.3 is 14.8 Å². The molecule has 1 amide bonds. The Hall–Kier alpha value is -2.30. The van der Waals surface area contributed by atoms with Crippen molar-refractivity contribution in [1.29, 1.82) is 0 Å². The molecule has 0 radical (unpaired) electrons. The maximum absolute atomic E-state index is 11.5. The molecule has 0 spiro atoms. The third-order valence-corrected chi connectivity index (χ3v) is 2.32. The number of esters is 1. The Morgan fingerprint density at radius 2 is 2.05 bits per heavy atom. The van der Waals surface area contributed by atoms with Crippen LogP contribution in [-0.2, 0) is 20.9 Å². The molecule has 0 bridgehead atoms. The molecule has 0 saturated heterocycles. The summed E-state index contributed by atoms with van der Waals surface area (Å²) >= 11 is 0. The van der Waals surface area contributed by atoms with E-state index in [0.29, 0.717) is 12.3 Å². The topological polar surface area (TPSA) is 64.6 Å². The highest BCUT2D eigenvalue weighted by atomic mass is 16.5. The predicted octanol–water partition coefficient (Wildman–Crippen LogP) is 1.43. The summed E-state index contributed by atoms with van der Waals surface area (Å²) in [6.45, 7) is 1.73. The zero-order valence-corrected chi connectivity index (χ0v) is 11.0. The van der Waals surface area contributed by atoms with Gasteiger partial charge in [-0.1, -0.05) is 24.3 Å². The Kier molecular flexibility index (Phi) is 6.15. The number of allylic oxidation sites excluding steroid dienone is 1. The van der Waals surface area contributed by atoms with Crippen molar-refractivity contribution < 1.29 is 19.1 Å². The lowest BCUT2D eigenvalue weighted by atomic mass is 10.2. The number of ether oxygens (including phenoxy) is 2. The summed E-state index contributed by atoms with van der Waals surface area (Å²) in [7, 11) is 1.57. The van der Waals surface area contributed by atoms with Gasteiger partial charge in [-0.05, 0) is 13.0 Å². The second kappa shape index (κ2) is 7.92. The number of amides is 1. The lowest BCUT2D eigenvalue weighted by Gasteiger charge is -2.09. The van der Waals surface area contributed by atoms with E-state index in [0.717, 1.165) is 5.56 Å². The Morgan fingerprint density at radius 1 is 1.32 bits per heavy atom. The summed E-state index contributed by atoms with van der Waals surface area (Å²) in [6.07, 6.45) is 2.81. The summed E-state index contributed by atoms with van der Waals surface area (Å²) in [5.41, 5.74) is 0.859. The van der Waals surface area contributed by atoms with Crippen molar-refractivity contribution in [1.82, 2.24) is 5.32 Å². The number of methoxy groups -OCH3 is 1.